The first-order valence-corrected chi connectivity index (χ1v) is 12.7. The fourth-order valence-electron chi connectivity index (χ4n) is 3.07. The van der Waals surface area contributed by atoms with Crippen molar-refractivity contribution in [2.75, 3.05) is 18.2 Å². The van der Waals surface area contributed by atoms with E-state index in [2.05, 4.69) is 5.32 Å². The highest BCUT2D eigenvalue weighted by molar-refractivity contribution is 8.01. The second kappa shape index (κ2) is 9.19. The molecule has 0 radical (unpaired) electrons. The van der Waals surface area contributed by atoms with E-state index < -0.39 is 21.5 Å². The number of thiophene rings is 1. The Morgan fingerprint density at radius 3 is 2.50 bits per heavy atom. The summed E-state index contributed by atoms with van der Waals surface area (Å²) in [6, 6.07) is 13.2. The van der Waals surface area contributed by atoms with Crippen LogP contribution in [-0.2, 0) is 9.84 Å². The summed E-state index contributed by atoms with van der Waals surface area (Å²) >= 11 is 2.46. The minimum absolute atomic E-state index is 0.128. The van der Waals surface area contributed by atoms with E-state index in [9.17, 15) is 8.42 Å². The van der Waals surface area contributed by atoms with Gasteiger partial charge >= 0.3 is 0 Å². The molecule has 0 unspecified atom stereocenters. The molecule has 0 aliphatic rings. The van der Waals surface area contributed by atoms with Gasteiger partial charge in [-0.1, -0.05) is 18.2 Å². The van der Waals surface area contributed by atoms with Gasteiger partial charge < -0.3 is 11.1 Å². The highest BCUT2D eigenvalue weighted by atomic mass is 32.2. The number of nitrogen functional groups attached to an aromatic ring is 1. The number of hydroxylamine groups is 3. The van der Waals surface area contributed by atoms with E-state index in [0.29, 0.717) is 20.3 Å². The molecule has 12 heteroatoms. The van der Waals surface area contributed by atoms with Crippen LogP contribution in [0.15, 0.2) is 62.5 Å². The van der Waals surface area contributed by atoms with Crippen molar-refractivity contribution >= 4 is 44.5 Å². The van der Waals surface area contributed by atoms with Crippen molar-refractivity contribution in [3.63, 3.8) is 0 Å². The van der Waals surface area contributed by atoms with Gasteiger partial charge in [0.1, 0.15) is 10.8 Å². The molecule has 0 saturated carbocycles. The number of hydrogen-bond acceptors (Lipinski definition) is 9. The fraction of sp³-hybridized carbons (Fsp3) is 0.150. The second-order valence-corrected chi connectivity index (χ2v) is 11.0. The number of benzene rings is 2. The normalized spacial score (nSPS) is 12.0. The average molecular weight is 496 g/mol. The molecule has 0 atom stereocenters. The maximum atomic E-state index is 13.4. The number of quaternary nitrogens is 1. The van der Waals surface area contributed by atoms with Crippen LogP contribution in [-0.4, -0.2) is 47.8 Å². The van der Waals surface area contributed by atoms with Crippen molar-refractivity contribution in [2.24, 2.45) is 5.73 Å². The third kappa shape index (κ3) is 5.30. The molecule has 0 fully saturated rings. The number of anilines is 1. The van der Waals surface area contributed by atoms with Crippen molar-refractivity contribution in [3.05, 3.63) is 59.0 Å². The van der Waals surface area contributed by atoms with Crippen LogP contribution in [0.25, 0.3) is 11.1 Å². The predicted molar refractivity (Wildman–Crippen MR) is 123 cm³/mol. The van der Waals surface area contributed by atoms with Crippen molar-refractivity contribution in [3.8, 4) is 11.1 Å². The fourth-order valence-corrected chi connectivity index (χ4v) is 6.98. The highest BCUT2D eigenvalue weighted by Crippen LogP contribution is 2.38. The molecule has 0 bridgehead atoms. The summed E-state index contributed by atoms with van der Waals surface area (Å²) in [5.41, 5.74) is 8.40. The van der Waals surface area contributed by atoms with Gasteiger partial charge in [-0.3, -0.25) is 5.41 Å². The molecule has 9 nitrogen and oxygen atoms in total. The SMILES string of the molecule is CSc1sc(C(=N)N)cc1S(=O)(=O)c1cccc(-c2ccc(NC[N+](O)(O)O)cc2C)c1. The molecular weight excluding hydrogens is 472 g/mol. The molecular formula is C20H23N4O5S3+. The summed E-state index contributed by atoms with van der Waals surface area (Å²) in [5.74, 6) is -0.176. The van der Waals surface area contributed by atoms with Crippen molar-refractivity contribution in [1.29, 1.82) is 5.41 Å². The number of thioether (sulfide) groups is 1. The van der Waals surface area contributed by atoms with E-state index in [1.54, 1.807) is 42.7 Å². The zero-order valence-electron chi connectivity index (χ0n) is 17.2. The zero-order chi connectivity index (χ0) is 23.7. The van der Waals surface area contributed by atoms with Crippen LogP contribution in [0.1, 0.15) is 10.4 Å². The van der Waals surface area contributed by atoms with Crippen LogP contribution in [0.2, 0.25) is 0 Å². The Hall–Kier alpha value is -2.45. The minimum atomic E-state index is -3.83. The number of nitrogens with zero attached hydrogens (tertiary/aromatic N) is 1. The molecule has 2 aromatic carbocycles. The zero-order valence-corrected chi connectivity index (χ0v) is 19.7. The van der Waals surface area contributed by atoms with Gasteiger partial charge in [0.05, 0.1) is 18.9 Å². The standard InChI is InChI=1S/C20H23N4O5S3/c1-12-8-14(23-11-24(25,26)27)6-7-16(12)13-4-3-5-15(9-13)32(28,29)18-10-17(19(21)22)31-20(18)30-2/h3-10,23,25-27H,11H2,1-2H3,(H3,21,22)/q+1. The van der Waals surface area contributed by atoms with Gasteiger partial charge in [-0.05, 0) is 60.2 Å². The van der Waals surface area contributed by atoms with Gasteiger partial charge in [0, 0.05) is 5.69 Å². The first-order chi connectivity index (χ1) is 14.9. The molecule has 1 heterocycles. The molecule has 0 aliphatic heterocycles. The Labute approximate surface area is 193 Å². The number of sulfone groups is 1. The molecule has 0 spiro atoms. The van der Waals surface area contributed by atoms with E-state index in [1.807, 2.05) is 6.92 Å². The van der Waals surface area contributed by atoms with Gasteiger partial charge in [-0.15, -0.1) is 38.7 Å². The number of hydrogen-bond donors (Lipinski definition) is 6. The van der Waals surface area contributed by atoms with Crippen LogP contribution in [0.4, 0.5) is 5.69 Å². The largest absolute Gasteiger partial charge is 0.383 e. The second-order valence-electron chi connectivity index (χ2n) is 6.97. The van der Waals surface area contributed by atoms with E-state index in [0.717, 1.165) is 11.1 Å². The van der Waals surface area contributed by atoms with Crippen LogP contribution in [0.3, 0.4) is 0 Å². The van der Waals surface area contributed by atoms with Crippen LogP contribution < -0.4 is 11.1 Å². The number of rotatable bonds is 8. The maximum Gasteiger partial charge on any atom is 0.249 e. The first kappa shape index (κ1) is 24.2. The van der Waals surface area contributed by atoms with Crippen molar-refractivity contribution in [1.82, 2.24) is 0 Å². The molecule has 3 aromatic rings. The predicted octanol–water partition coefficient (Wildman–Crippen LogP) is 3.92. The van der Waals surface area contributed by atoms with Crippen molar-refractivity contribution < 1.29 is 29.0 Å². The monoisotopic (exact) mass is 495 g/mol. The first-order valence-electron chi connectivity index (χ1n) is 9.21. The van der Waals surface area contributed by atoms with Gasteiger partial charge in [-0.2, -0.15) is 0 Å². The molecule has 0 aliphatic carbocycles. The summed E-state index contributed by atoms with van der Waals surface area (Å²) in [6.07, 6.45) is 1.78. The molecule has 0 amide bonds. The van der Waals surface area contributed by atoms with Gasteiger partial charge in [0.15, 0.2) is 0 Å². The van der Waals surface area contributed by atoms with Crippen LogP contribution in [0.5, 0.6) is 0 Å². The maximum absolute atomic E-state index is 13.4. The molecule has 32 heavy (non-hydrogen) atoms. The van der Waals surface area contributed by atoms with Gasteiger partial charge in [0.2, 0.25) is 16.5 Å². The third-order valence-corrected chi connectivity index (χ3v) is 8.92. The average Bonchev–Trinajstić information content (AvgIpc) is 3.18. The summed E-state index contributed by atoms with van der Waals surface area (Å²) in [7, 11) is -3.83. The lowest BCUT2D eigenvalue weighted by atomic mass is 10.00. The Morgan fingerprint density at radius 1 is 1.19 bits per heavy atom. The molecule has 3 rings (SSSR count). The molecule has 170 valence electrons. The van der Waals surface area contributed by atoms with Gasteiger partial charge in [-0.25, -0.2) is 8.42 Å². The Balaban J connectivity index is 1.98. The Bertz CT molecular complexity index is 1270. The number of amidine groups is 1. The third-order valence-electron chi connectivity index (χ3n) is 4.58. The van der Waals surface area contributed by atoms with E-state index >= 15 is 0 Å². The Morgan fingerprint density at radius 2 is 1.91 bits per heavy atom. The summed E-state index contributed by atoms with van der Waals surface area (Å²) in [4.78, 5) is -1.54. The molecule has 1 aromatic heterocycles. The lowest BCUT2D eigenvalue weighted by molar-refractivity contribution is -1.37. The number of aryl methyl sites for hydroxylation is 1. The Kier molecular flexibility index (Phi) is 6.95. The minimum Gasteiger partial charge on any atom is -0.383 e. The smallest absolute Gasteiger partial charge is 0.249 e. The highest BCUT2D eigenvalue weighted by Gasteiger charge is 2.25. The number of nitrogens with two attached hydrogens (primary N) is 1. The van der Waals surface area contributed by atoms with Gasteiger partial charge in [0.25, 0.3) is 0 Å². The van der Waals surface area contributed by atoms with E-state index in [-0.39, 0.29) is 15.6 Å². The van der Waals surface area contributed by atoms with Crippen molar-refractivity contribution in [2.45, 2.75) is 20.9 Å². The van der Waals surface area contributed by atoms with Crippen LogP contribution >= 0.6 is 23.1 Å². The topological polar surface area (TPSA) is 157 Å². The quantitative estimate of drug-likeness (QED) is 0.0686. The lowest BCUT2D eigenvalue weighted by Crippen LogP contribution is -2.41. The lowest BCUT2D eigenvalue weighted by Gasteiger charge is -2.15. The molecule has 7 N–H and O–H groups in total. The van der Waals surface area contributed by atoms with Crippen LogP contribution in [0, 0.1) is 12.3 Å². The summed E-state index contributed by atoms with van der Waals surface area (Å²) in [6.45, 7) is 1.30. The molecule has 0 saturated heterocycles. The summed E-state index contributed by atoms with van der Waals surface area (Å²) in [5, 5.41) is 37.2. The van der Waals surface area contributed by atoms with E-state index in [1.165, 1.54) is 35.2 Å². The number of nitrogens with one attached hydrogen (secondary N) is 2. The summed E-state index contributed by atoms with van der Waals surface area (Å²) < 4.78 is 27.3. The van der Waals surface area contributed by atoms with E-state index in [4.69, 9.17) is 26.8 Å².